The molecule has 25 heavy (non-hydrogen) atoms. The third-order valence-corrected chi connectivity index (χ3v) is 5.35. The second-order valence-corrected chi connectivity index (χ2v) is 7.16. The maximum absolute atomic E-state index is 12.4. The van der Waals surface area contributed by atoms with Crippen LogP contribution in [0.4, 0.5) is 0 Å². The topological polar surface area (TPSA) is 23.6 Å². The van der Waals surface area contributed by atoms with Crippen molar-refractivity contribution < 1.29 is 4.79 Å². The van der Waals surface area contributed by atoms with Crippen molar-refractivity contribution in [1.29, 1.82) is 0 Å². The van der Waals surface area contributed by atoms with E-state index >= 15 is 0 Å². The fourth-order valence-electron chi connectivity index (χ4n) is 3.12. The first-order chi connectivity index (χ1) is 12.1. The quantitative estimate of drug-likeness (QED) is 0.777. The summed E-state index contributed by atoms with van der Waals surface area (Å²) in [6.07, 6.45) is 1.37. The van der Waals surface area contributed by atoms with Crippen molar-refractivity contribution in [3.8, 4) is 0 Å². The van der Waals surface area contributed by atoms with E-state index in [4.69, 9.17) is 23.2 Å². The molecule has 0 atom stereocenters. The Labute approximate surface area is 159 Å². The van der Waals surface area contributed by atoms with Crippen molar-refractivity contribution in [1.82, 2.24) is 9.80 Å². The summed E-state index contributed by atoms with van der Waals surface area (Å²) in [5, 5.41) is 1.41. The molecule has 0 spiro atoms. The van der Waals surface area contributed by atoms with Crippen molar-refractivity contribution in [2.45, 2.75) is 19.4 Å². The molecule has 0 N–H and O–H groups in total. The molecule has 0 unspecified atom stereocenters. The number of hydrogen-bond acceptors (Lipinski definition) is 2. The predicted molar refractivity (Wildman–Crippen MR) is 103 cm³/mol. The highest BCUT2D eigenvalue weighted by atomic mass is 35.5. The third-order valence-electron chi connectivity index (χ3n) is 4.64. The van der Waals surface area contributed by atoms with Crippen LogP contribution < -0.4 is 0 Å². The van der Waals surface area contributed by atoms with Crippen LogP contribution in [0.25, 0.3) is 0 Å². The maximum Gasteiger partial charge on any atom is 0.222 e. The molecule has 0 radical (unpaired) electrons. The fraction of sp³-hybridized carbons (Fsp3) is 0.350. The summed E-state index contributed by atoms with van der Waals surface area (Å²) in [7, 11) is 0. The van der Waals surface area contributed by atoms with Gasteiger partial charge in [0.2, 0.25) is 5.91 Å². The largest absolute Gasteiger partial charge is 0.340 e. The van der Waals surface area contributed by atoms with Crippen molar-refractivity contribution >= 4 is 29.1 Å². The molecule has 3 rings (SSSR count). The summed E-state index contributed by atoms with van der Waals surface area (Å²) in [5.41, 5.74) is 2.18. The van der Waals surface area contributed by atoms with Gasteiger partial charge in [-0.1, -0.05) is 59.6 Å². The van der Waals surface area contributed by atoms with Gasteiger partial charge in [0.05, 0.1) is 0 Å². The molecule has 1 saturated heterocycles. The Hall–Kier alpha value is -1.55. The van der Waals surface area contributed by atoms with Crippen LogP contribution in [0.1, 0.15) is 17.5 Å². The first-order valence-electron chi connectivity index (χ1n) is 8.60. The van der Waals surface area contributed by atoms with E-state index in [1.165, 1.54) is 5.56 Å². The summed E-state index contributed by atoms with van der Waals surface area (Å²) in [4.78, 5) is 16.7. The van der Waals surface area contributed by atoms with Gasteiger partial charge in [-0.15, -0.1) is 0 Å². The highest BCUT2D eigenvalue weighted by Crippen LogP contribution is 2.26. The number of carbonyl (C=O) groups is 1. The molecule has 1 amide bonds. The number of carbonyl (C=O) groups excluding carboxylic acids is 1. The van der Waals surface area contributed by atoms with Crippen LogP contribution in [0, 0.1) is 0 Å². The van der Waals surface area contributed by atoms with Gasteiger partial charge in [0, 0.05) is 54.8 Å². The molecule has 0 saturated carbocycles. The van der Waals surface area contributed by atoms with E-state index in [-0.39, 0.29) is 5.91 Å². The van der Waals surface area contributed by atoms with Gasteiger partial charge in [-0.05, 0) is 24.1 Å². The Morgan fingerprint density at radius 2 is 1.52 bits per heavy atom. The normalized spacial score (nSPS) is 15.4. The van der Waals surface area contributed by atoms with Crippen molar-refractivity contribution in [2.75, 3.05) is 26.2 Å². The van der Waals surface area contributed by atoms with Gasteiger partial charge in [0.15, 0.2) is 0 Å². The van der Waals surface area contributed by atoms with Gasteiger partial charge in [-0.3, -0.25) is 9.69 Å². The number of aryl methyl sites for hydroxylation is 1. The Morgan fingerprint density at radius 1 is 0.880 bits per heavy atom. The number of benzene rings is 2. The molecule has 3 nitrogen and oxygen atoms in total. The molecule has 2 aromatic carbocycles. The highest BCUT2D eigenvalue weighted by molar-refractivity contribution is 6.35. The molecular formula is C20H22Cl2N2O. The van der Waals surface area contributed by atoms with Crippen LogP contribution in [-0.4, -0.2) is 41.9 Å². The van der Waals surface area contributed by atoms with Gasteiger partial charge in [0.25, 0.3) is 0 Å². The van der Waals surface area contributed by atoms with Crippen LogP contribution in [0.2, 0.25) is 10.0 Å². The van der Waals surface area contributed by atoms with Gasteiger partial charge in [-0.2, -0.15) is 0 Å². The number of amides is 1. The predicted octanol–water partition coefficient (Wildman–Crippen LogP) is 4.27. The molecule has 0 aliphatic carbocycles. The lowest BCUT2D eigenvalue weighted by molar-refractivity contribution is -0.133. The molecule has 132 valence electrons. The maximum atomic E-state index is 12.4. The molecular weight excluding hydrogens is 355 g/mol. The van der Waals surface area contributed by atoms with E-state index in [1.54, 1.807) is 0 Å². The summed E-state index contributed by atoms with van der Waals surface area (Å²) in [6, 6.07) is 15.7. The number of piperazine rings is 1. The summed E-state index contributed by atoms with van der Waals surface area (Å²) in [6.45, 7) is 3.94. The second kappa shape index (κ2) is 8.70. The fourth-order valence-corrected chi connectivity index (χ4v) is 3.63. The standard InChI is InChI=1S/C20H22Cl2N2O/c21-18-7-4-8-19(22)17(18)15-23-11-13-24(14-12-23)20(25)10-9-16-5-2-1-3-6-16/h1-8H,9-15H2. The van der Waals surface area contributed by atoms with E-state index < -0.39 is 0 Å². The van der Waals surface area contributed by atoms with E-state index in [2.05, 4.69) is 17.0 Å². The highest BCUT2D eigenvalue weighted by Gasteiger charge is 2.22. The lowest BCUT2D eigenvalue weighted by Gasteiger charge is -2.35. The molecule has 2 aromatic rings. The van der Waals surface area contributed by atoms with Crippen molar-refractivity contribution in [2.24, 2.45) is 0 Å². The SMILES string of the molecule is O=C(CCc1ccccc1)N1CCN(Cc2c(Cl)cccc2Cl)CC1. The zero-order valence-electron chi connectivity index (χ0n) is 14.1. The summed E-state index contributed by atoms with van der Waals surface area (Å²) in [5.74, 6) is 0.235. The number of hydrogen-bond donors (Lipinski definition) is 0. The number of nitrogens with zero attached hydrogens (tertiary/aromatic N) is 2. The molecule has 1 aliphatic rings. The lowest BCUT2D eigenvalue weighted by Crippen LogP contribution is -2.48. The molecule has 1 fully saturated rings. The van der Waals surface area contributed by atoms with Crippen LogP contribution in [0.3, 0.4) is 0 Å². The Kier molecular flexibility index (Phi) is 6.35. The first kappa shape index (κ1) is 18.2. The van der Waals surface area contributed by atoms with Gasteiger partial charge >= 0.3 is 0 Å². The van der Waals surface area contributed by atoms with Crippen molar-refractivity contribution in [3.05, 3.63) is 69.7 Å². The van der Waals surface area contributed by atoms with E-state index in [9.17, 15) is 4.79 Å². The number of rotatable bonds is 5. The average Bonchev–Trinajstić information content (AvgIpc) is 2.64. The summed E-state index contributed by atoms with van der Waals surface area (Å²) >= 11 is 12.5. The smallest absolute Gasteiger partial charge is 0.222 e. The van der Waals surface area contributed by atoms with Crippen LogP contribution in [-0.2, 0) is 17.8 Å². The average molecular weight is 377 g/mol. The Bertz CT molecular complexity index is 693. The molecule has 5 heteroatoms. The minimum atomic E-state index is 0.235. The third kappa shape index (κ3) is 4.97. The zero-order valence-corrected chi connectivity index (χ0v) is 15.6. The van der Waals surface area contributed by atoms with E-state index in [0.29, 0.717) is 16.5 Å². The Morgan fingerprint density at radius 3 is 2.16 bits per heavy atom. The second-order valence-electron chi connectivity index (χ2n) is 6.34. The van der Waals surface area contributed by atoms with Crippen LogP contribution >= 0.6 is 23.2 Å². The van der Waals surface area contributed by atoms with Crippen molar-refractivity contribution in [3.63, 3.8) is 0 Å². The molecule has 0 bridgehead atoms. The lowest BCUT2D eigenvalue weighted by atomic mass is 10.1. The van der Waals surface area contributed by atoms with Gasteiger partial charge in [-0.25, -0.2) is 0 Å². The molecule has 1 heterocycles. The minimum Gasteiger partial charge on any atom is -0.340 e. The van der Waals surface area contributed by atoms with Crippen LogP contribution in [0.5, 0.6) is 0 Å². The van der Waals surface area contributed by atoms with Crippen LogP contribution in [0.15, 0.2) is 48.5 Å². The molecule has 1 aliphatic heterocycles. The zero-order chi connectivity index (χ0) is 17.6. The van der Waals surface area contributed by atoms with E-state index in [0.717, 1.165) is 44.7 Å². The molecule has 0 aromatic heterocycles. The van der Waals surface area contributed by atoms with Gasteiger partial charge in [0.1, 0.15) is 0 Å². The van der Waals surface area contributed by atoms with E-state index in [1.807, 2.05) is 41.3 Å². The first-order valence-corrected chi connectivity index (χ1v) is 9.36. The monoisotopic (exact) mass is 376 g/mol. The Balaban J connectivity index is 1.47. The van der Waals surface area contributed by atoms with Gasteiger partial charge < -0.3 is 4.90 Å². The minimum absolute atomic E-state index is 0.235. The summed E-state index contributed by atoms with van der Waals surface area (Å²) < 4.78 is 0. The number of halogens is 2.